The van der Waals surface area contributed by atoms with Gasteiger partial charge >= 0.3 is 12.1 Å². The highest BCUT2D eigenvalue weighted by Gasteiger charge is 2.27. The number of nitrogens with one attached hydrogen (secondary N) is 2. The minimum absolute atomic E-state index is 0.0818. The van der Waals surface area contributed by atoms with Crippen LogP contribution in [0.2, 0.25) is 10.0 Å². The van der Waals surface area contributed by atoms with Gasteiger partial charge in [0.05, 0.1) is 0 Å². The first-order valence-electron chi connectivity index (χ1n) is 16.2. The number of amides is 4. The van der Waals surface area contributed by atoms with Gasteiger partial charge in [0.15, 0.2) is 0 Å². The largest absolute Gasteiger partial charge is 0.322 e. The minimum atomic E-state index is -0.0818. The van der Waals surface area contributed by atoms with E-state index in [9.17, 15) is 9.59 Å². The van der Waals surface area contributed by atoms with Crippen molar-refractivity contribution in [1.29, 1.82) is 0 Å². The van der Waals surface area contributed by atoms with Gasteiger partial charge in [0.25, 0.3) is 0 Å². The van der Waals surface area contributed by atoms with Crippen LogP contribution < -0.4 is 10.6 Å². The van der Waals surface area contributed by atoms with Crippen LogP contribution in [0, 0.1) is 0 Å². The van der Waals surface area contributed by atoms with Crippen LogP contribution in [0.1, 0.15) is 88.2 Å². The summed E-state index contributed by atoms with van der Waals surface area (Å²) in [4.78, 5) is 31.2. The maximum atomic E-state index is 13.6. The summed E-state index contributed by atoms with van der Waals surface area (Å²) in [5.74, 6) is 0. The lowest BCUT2D eigenvalue weighted by Crippen LogP contribution is -2.42. The molecule has 0 heterocycles. The Balaban J connectivity index is 1.30. The summed E-state index contributed by atoms with van der Waals surface area (Å²) in [5, 5.41) is 7.47. The predicted molar refractivity (Wildman–Crippen MR) is 181 cm³/mol. The van der Waals surface area contributed by atoms with Gasteiger partial charge in [-0.15, -0.1) is 0 Å². The summed E-state index contributed by atoms with van der Waals surface area (Å²) in [6.07, 6.45) is 13.5. The van der Waals surface area contributed by atoms with E-state index in [2.05, 4.69) is 34.9 Å². The van der Waals surface area contributed by atoms with Crippen molar-refractivity contribution < 1.29 is 9.59 Å². The molecule has 0 aliphatic heterocycles. The first-order chi connectivity index (χ1) is 21.4. The van der Waals surface area contributed by atoms with Crippen LogP contribution in [0.3, 0.4) is 0 Å². The number of urea groups is 2. The first-order valence-corrected chi connectivity index (χ1v) is 16.9. The topological polar surface area (TPSA) is 64.7 Å². The van der Waals surface area contributed by atoms with E-state index in [0.717, 1.165) is 73.9 Å². The molecule has 3 aromatic rings. The molecular formula is C36H44Cl2N4O2. The maximum Gasteiger partial charge on any atom is 0.322 e. The van der Waals surface area contributed by atoms with Gasteiger partial charge in [-0.05, 0) is 85.3 Å². The molecule has 0 saturated heterocycles. The summed E-state index contributed by atoms with van der Waals surface area (Å²) in [7, 11) is 0. The van der Waals surface area contributed by atoms with Crippen LogP contribution in [0.4, 0.5) is 21.0 Å². The van der Waals surface area contributed by atoms with Gasteiger partial charge in [0.1, 0.15) is 0 Å². The molecule has 2 fully saturated rings. The summed E-state index contributed by atoms with van der Waals surface area (Å²) >= 11 is 12.1. The average Bonchev–Trinajstić information content (AvgIpc) is 3.47. The molecule has 4 amide bonds. The number of hydrogen-bond acceptors (Lipinski definition) is 2. The Kier molecular flexibility index (Phi) is 11.8. The number of halogens is 2. The van der Waals surface area contributed by atoms with Crippen molar-refractivity contribution in [2.24, 2.45) is 0 Å². The van der Waals surface area contributed by atoms with Crippen LogP contribution in [0.5, 0.6) is 0 Å². The molecule has 0 atom stereocenters. The molecule has 6 nitrogen and oxygen atoms in total. The SMILES string of the molecule is O=C(Nc1ccc(Cl)cc1)N(Cc1ccc(CN(C(=O)Nc2ccc(Cl)cc2)C2CCCCCC2)cc1)C1CCCCCC1. The standard InChI is InChI=1S/C36H44Cl2N4O2/c37-29-17-21-31(22-18-29)39-35(43)41(33-9-5-1-2-6-10-33)25-27-13-15-28(16-14-27)26-42(34-11-7-3-4-8-12-34)36(44)40-32-23-19-30(38)20-24-32/h13-24,33-34H,1-12,25-26H2,(H,39,43)(H,40,44). The number of carbonyl (C=O) groups is 2. The van der Waals surface area contributed by atoms with Crippen LogP contribution in [-0.4, -0.2) is 33.9 Å². The van der Waals surface area contributed by atoms with Gasteiger partial charge in [-0.1, -0.05) is 98.8 Å². The third kappa shape index (κ3) is 9.39. The minimum Gasteiger partial charge on any atom is -0.317 e. The van der Waals surface area contributed by atoms with E-state index in [0.29, 0.717) is 23.1 Å². The lowest BCUT2D eigenvalue weighted by atomic mass is 10.0. The van der Waals surface area contributed by atoms with Crippen LogP contribution >= 0.6 is 23.2 Å². The van der Waals surface area contributed by atoms with Crippen LogP contribution in [0.15, 0.2) is 72.8 Å². The maximum absolute atomic E-state index is 13.6. The highest BCUT2D eigenvalue weighted by molar-refractivity contribution is 6.31. The van der Waals surface area contributed by atoms with Crippen molar-refractivity contribution in [3.8, 4) is 0 Å². The molecule has 8 heteroatoms. The Morgan fingerprint density at radius 1 is 0.523 bits per heavy atom. The Morgan fingerprint density at radius 2 is 0.841 bits per heavy atom. The third-order valence-electron chi connectivity index (χ3n) is 8.97. The van der Waals surface area contributed by atoms with E-state index in [1.165, 1.54) is 25.7 Å². The van der Waals surface area contributed by atoms with Gasteiger partial charge in [-0.3, -0.25) is 0 Å². The first kappa shape index (κ1) is 32.2. The lowest BCUT2D eigenvalue weighted by Gasteiger charge is -2.32. The molecule has 0 aromatic heterocycles. The molecule has 2 saturated carbocycles. The van der Waals surface area contributed by atoms with Crippen molar-refractivity contribution in [1.82, 2.24) is 9.80 Å². The highest BCUT2D eigenvalue weighted by atomic mass is 35.5. The van der Waals surface area contributed by atoms with E-state index in [1.807, 2.05) is 34.1 Å². The number of rotatable bonds is 8. The molecule has 0 unspecified atom stereocenters. The quantitative estimate of drug-likeness (QED) is 0.242. The number of nitrogens with zero attached hydrogens (tertiary/aromatic N) is 2. The zero-order valence-corrected chi connectivity index (χ0v) is 27.0. The number of benzene rings is 3. The molecule has 2 aliphatic carbocycles. The van der Waals surface area contributed by atoms with E-state index >= 15 is 0 Å². The smallest absolute Gasteiger partial charge is 0.317 e. The normalized spacial score (nSPS) is 16.4. The van der Waals surface area contributed by atoms with Crippen molar-refractivity contribution in [2.45, 2.75) is 102 Å². The lowest BCUT2D eigenvalue weighted by molar-refractivity contribution is 0.174. The van der Waals surface area contributed by atoms with E-state index < -0.39 is 0 Å². The summed E-state index contributed by atoms with van der Waals surface area (Å²) in [6.45, 7) is 1.07. The molecule has 0 spiro atoms. The molecular weight excluding hydrogens is 591 g/mol. The predicted octanol–water partition coefficient (Wildman–Crippen LogP) is 10.5. The van der Waals surface area contributed by atoms with Crippen molar-refractivity contribution in [2.75, 3.05) is 10.6 Å². The molecule has 2 aliphatic rings. The van der Waals surface area contributed by atoms with Gasteiger partial charge in [-0.2, -0.15) is 0 Å². The molecule has 5 rings (SSSR count). The number of hydrogen-bond donors (Lipinski definition) is 2. The highest BCUT2D eigenvalue weighted by Crippen LogP contribution is 2.27. The van der Waals surface area contributed by atoms with Crippen molar-refractivity contribution >= 4 is 46.6 Å². The van der Waals surface area contributed by atoms with E-state index in [-0.39, 0.29) is 24.1 Å². The second-order valence-electron chi connectivity index (χ2n) is 12.2. The fourth-order valence-corrected chi connectivity index (χ4v) is 6.72. The summed E-state index contributed by atoms with van der Waals surface area (Å²) in [6, 6.07) is 23.2. The fraction of sp³-hybridized carbons (Fsp3) is 0.444. The molecule has 2 N–H and O–H groups in total. The Labute approximate surface area is 272 Å². The number of anilines is 2. The second kappa shape index (κ2) is 16.2. The zero-order valence-electron chi connectivity index (χ0n) is 25.4. The summed E-state index contributed by atoms with van der Waals surface area (Å²) in [5.41, 5.74) is 3.64. The zero-order chi connectivity index (χ0) is 30.7. The fourth-order valence-electron chi connectivity index (χ4n) is 6.47. The van der Waals surface area contributed by atoms with Crippen LogP contribution in [-0.2, 0) is 13.1 Å². The van der Waals surface area contributed by atoms with Crippen molar-refractivity contribution in [3.05, 3.63) is 94.0 Å². The third-order valence-corrected chi connectivity index (χ3v) is 9.48. The Hall–Kier alpha value is -3.22. The number of carbonyl (C=O) groups excluding carboxylic acids is 2. The van der Waals surface area contributed by atoms with Gasteiger partial charge in [-0.25, -0.2) is 9.59 Å². The molecule has 3 aromatic carbocycles. The van der Waals surface area contributed by atoms with E-state index in [1.54, 1.807) is 24.3 Å². The van der Waals surface area contributed by atoms with E-state index in [4.69, 9.17) is 23.2 Å². The van der Waals surface area contributed by atoms with Gasteiger partial charge in [0.2, 0.25) is 0 Å². The van der Waals surface area contributed by atoms with Crippen molar-refractivity contribution in [3.63, 3.8) is 0 Å². The average molecular weight is 636 g/mol. The molecule has 234 valence electrons. The molecule has 0 radical (unpaired) electrons. The Bertz CT molecular complexity index is 1230. The molecule has 44 heavy (non-hydrogen) atoms. The molecule has 0 bridgehead atoms. The van der Waals surface area contributed by atoms with Crippen LogP contribution in [0.25, 0.3) is 0 Å². The summed E-state index contributed by atoms with van der Waals surface area (Å²) < 4.78 is 0. The monoisotopic (exact) mass is 634 g/mol. The van der Waals surface area contributed by atoms with Gasteiger partial charge in [0, 0.05) is 46.6 Å². The van der Waals surface area contributed by atoms with Gasteiger partial charge < -0.3 is 20.4 Å². The Morgan fingerprint density at radius 3 is 1.16 bits per heavy atom. The second-order valence-corrected chi connectivity index (χ2v) is 13.1.